The summed E-state index contributed by atoms with van der Waals surface area (Å²) < 4.78 is 16.7. The van der Waals surface area contributed by atoms with E-state index in [2.05, 4.69) is 0 Å². The van der Waals surface area contributed by atoms with Crippen LogP contribution in [-0.4, -0.2) is 27.4 Å². The van der Waals surface area contributed by atoms with Gasteiger partial charge in [0.15, 0.2) is 11.5 Å². The minimum atomic E-state index is 0.606. The fourth-order valence-corrected chi connectivity index (χ4v) is 2.25. The average Bonchev–Trinajstić information content (AvgIpc) is 2.37. The Morgan fingerprint density at radius 1 is 1.16 bits per heavy atom. The molecule has 1 aliphatic rings. The highest BCUT2D eigenvalue weighted by atomic mass is 16.5. The van der Waals surface area contributed by atoms with Crippen molar-refractivity contribution in [3.8, 4) is 17.2 Å². The molecule has 0 heterocycles. The van der Waals surface area contributed by atoms with Crippen LogP contribution in [0.3, 0.4) is 0 Å². The lowest BCUT2D eigenvalue weighted by Gasteiger charge is -2.26. The standard InChI is InChI=1S/C15H23NO3/c1-17-13-8-12(6-7-16)9-14(18-2)15(13)19-10-11-4-3-5-11/h8-9,11H,3-7,10,16H2,1-2H3. The zero-order chi connectivity index (χ0) is 13.7. The minimum absolute atomic E-state index is 0.606. The molecule has 1 aliphatic carbocycles. The first-order valence-corrected chi connectivity index (χ1v) is 6.86. The number of hydrogen-bond acceptors (Lipinski definition) is 4. The molecule has 0 saturated heterocycles. The summed E-state index contributed by atoms with van der Waals surface area (Å²) in [4.78, 5) is 0. The van der Waals surface area contributed by atoms with Gasteiger partial charge in [0.1, 0.15) is 0 Å². The minimum Gasteiger partial charge on any atom is -0.493 e. The van der Waals surface area contributed by atoms with Crippen molar-refractivity contribution < 1.29 is 14.2 Å². The van der Waals surface area contributed by atoms with Crippen LogP contribution < -0.4 is 19.9 Å². The van der Waals surface area contributed by atoms with Crippen LogP contribution in [-0.2, 0) is 6.42 Å². The van der Waals surface area contributed by atoms with Gasteiger partial charge in [-0.05, 0) is 49.4 Å². The van der Waals surface area contributed by atoms with Crippen molar-refractivity contribution in [3.05, 3.63) is 17.7 Å². The summed E-state index contributed by atoms with van der Waals surface area (Å²) >= 11 is 0. The third-order valence-corrected chi connectivity index (χ3v) is 3.64. The first-order valence-electron chi connectivity index (χ1n) is 6.86. The third-order valence-electron chi connectivity index (χ3n) is 3.64. The normalized spacial score (nSPS) is 14.9. The van der Waals surface area contributed by atoms with Gasteiger partial charge in [-0.2, -0.15) is 0 Å². The van der Waals surface area contributed by atoms with Gasteiger partial charge in [0, 0.05) is 0 Å². The Balaban J connectivity index is 2.17. The molecule has 0 amide bonds. The van der Waals surface area contributed by atoms with E-state index < -0.39 is 0 Å². The van der Waals surface area contributed by atoms with Crippen LogP contribution in [0.15, 0.2) is 12.1 Å². The van der Waals surface area contributed by atoms with Crippen molar-refractivity contribution in [1.82, 2.24) is 0 Å². The SMILES string of the molecule is COc1cc(CCN)cc(OC)c1OCC1CCC1. The van der Waals surface area contributed by atoms with E-state index in [-0.39, 0.29) is 0 Å². The van der Waals surface area contributed by atoms with Crippen molar-refractivity contribution >= 4 is 0 Å². The maximum atomic E-state index is 5.91. The van der Waals surface area contributed by atoms with Gasteiger partial charge in [0.25, 0.3) is 0 Å². The fraction of sp³-hybridized carbons (Fsp3) is 0.600. The maximum absolute atomic E-state index is 5.91. The van der Waals surface area contributed by atoms with Crippen LogP contribution in [0.5, 0.6) is 17.2 Å². The van der Waals surface area contributed by atoms with Crippen LogP contribution in [0.1, 0.15) is 24.8 Å². The molecule has 1 saturated carbocycles. The summed E-state index contributed by atoms with van der Waals surface area (Å²) in [5, 5.41) is 0. The smallest absolute Gasteiger partial charge is 0.203 e. The third kappa shape index (κ3) is 3.32. The van der Waals surface area contributed by atoms with Crippen molar-refractivity contribution in [2.45, 2.75) is 25.7 Å². The molecular formula is C15H23NO3. The van der Waals surface area contributed by atoms with Crippen LogP contribution in [0.25, 0.3) is 0 Å². The van der Waals surface area contributed by atoms with Gasteiger partial charge >= 0.3 is 0 Å². The molecule has 1 aromatic rings. The Morgan fingerprint density at radius 3 is 2.21 bits per heavy atom. The van der Waals surface area contributed by atoms with E-state index in [4.69, 9.17) is 19.9 Å². The number of hydrogen-bond donors (Lipinski definition) is 1. The van der Waals surface area contributed by atoms with Crippen LogP contribution in [0.2, 0.25) is 0 Å². The molecule has 1 fully saturated rings. The number of methoxy groups -OCH3 is 2. The molecule has 19 heavy (non-hydrogen) atoms. The molecule has 0 radical (unpaired) electrons. The molecule has 0 aliphatic heterocycles. The predicted octanol–water partition coefficient (Wildman–Crippen LogP) is 2.38. The summed E-state index contributed by atoms with van der Waals surface area (Å²) in [5.41, 5.74) is 6.70. The quantitative estimate of drug-likeness (QED) is 0.822. The number of ether oxygens (including phenoxy) is 3. The molecule has 2 rings (SSSR count). The van der Waals surface area contributed by atoms with Crippen LogP contribution >= 0.6 is 0 Å². The fourth-order valence-electron chi connectivity index (χ4n) is 2.25. The largest absolute Gasteiger partial charge is 0.493 e. The maximum Gasteiger partial charge on any atom is 0.203 e. The van der Waals surface area contributed by atoms with Gasteiger partial charge < -0.3 is 19.9 Å². The molecule has 4 heteroatoms. The Bertz CT molecular complexity index is 391. The Morgan fingerprint density at radius 2 is 1.79 bits per heavy atom. The highest BCUT2D eigenvalue weighted by molar-refractivity contribution is 5.54. The topological polar surface area (TPSA) is 53.7 Å². The highest BCUT2D eigenvalue weighted by Crippen LogP contribution is 2.39. The monoisotopic (exact) mass is 265 g/mol. The van der Waals surface area contributed by atoms with Crippen molar-refractivity contribution in [3.63, 3.8) is 0 Å². The van der Waals surface area contributed by atoms with Gasteiger partial charge in [0.2, 0.25) is 5.75 Å². The first-order chi connectivity index (χ1) is 9.28. The molecule has 4 nitrogen and oxygen atoms in total. The van der Waals surface area contributed by atoms with E-state index in [0.29, 0.717) is 18.2 Å². The number of benzene rings is 1. The van der Waals surface area contributed by atoms with Crippen molar-refractivity contribution in [2.24, 2.45) is 11.7 Å². The van der Waals surface area contributed by atoms with E-state index in [1.54, 1.807) is 14.2 Å². The summed E-state index contributed by atoms with van der Waals surface area (Å²) in [6.45, 7) is 1.34. The molecule has 1 aromatic carbocycles. The van der Waals surface area contributed by atoms with Crippen molar-refractivity contribution in [1.29, 1.82) is 0 Å². The second-order valence-electron chi connectivity index (χ2n) is 4.98. The molecule has 106 valence electrons. The average molecular weight is 265 g/mol. The van der Waals surface area contributed by atoms with Crippen LogP contribution in [0.4, 0.5) is 0 Å². The molecule has 0 aromatic heterocycles. The van der Waals surface area contributed by atoms with E-state index >= 15 is 0 Å². The van der Waals surface area contributed by atoms with Gasteiger partial charge in [0.05, 0.1) is 20.8 Å². The van der Waals surface area contributed by atoms with Crippen molar-refractivity contribution in [2.75, 3.05) is 27.4 Å². The Labute approximate surface area is 114 Å². The zero-order valence-corrected chi connectivity index (χ0v) is 11.8. The molecular weight excluding hydrogens is 242 g/mol. The molecule has 0 bridgehead atoms. The first kappa shape index (κ1) is 14.0. The lowest BCUT2D eigenvalue weighted by atomic mass is 9.86. The number of rotatable bonds is 7. The Kier molecular flexibility index (Phi) is 4.91. The zero-order valence-electron chi connectivity index (χ0n) is 11.8. The highest BCUT2D eigenvalue weighted by Gasteiger charge is 2.20. The molecule has 0 atom stereocenters. The van der Waals surface area contributed by atoms with Gasteiger partial charge in [-0.3, -0.25) is 0 Å². The summed E-state index contributed by atoms with van der Waals surface area (Å²) in [5.74, 6) is 2.83. The summed E-state index contributed by atoms with van der Waals surface area (Å²) in [7, 11) is 3.30. The molecule has 0 unspecified atom stereocenters. The number of nitrogens with two attached hydrogens (primary N) is 1. The van der Waals surface area contributed by atoms with E-state index in [1.165, 1.54) is 19.3 Å². The summed E-state index contributed by atoms with van der Waals surface area (Å²) in [6.07, 6.45) is 4.64. The molecule has 2 N–H and O–H groups in total. The van der Waals surface area contributed by atoms with E-state index in [9.17, 15) is 0 Å². The second kappa shape index (κ2) is 6.66. The summed E-state index contributed by atoms with van der Waals surface area (Å²) in [6, 6.07) is 3.96. The Hall–Kier alpha value is -1.42. The van der Waals surface area contributed by atoms with Gasteiger partial charge in [-0.25, -0.2) is 0 Å². The lowest BCUT2D eigenvalue weighted by Crippen LogP contribution is -2.19. The van der Waals surface area contributed by atoms with Gasteiger partial charge in [-0.1, -0.05) is 6.42 Å². The lowest BCUT2D eigenvalue weighted by molar-refractivity contribution is 0.171. The predicted molar refractivity (Wildman–Crippen MR) is 75.1 cm³/mol. The van der Waals surface area contributed by atoms with E-state index in [0.717, 1.165) is 30.1 Å². The second-order valence-corrected chi connectivity index (χ2v) is 4.98. The van der Waals surface area contributed by atoms with E-state index in [1.807, 2.05) is 12.1 Å². The van der Waals surface area contributed by atoms with Gasteiger partial charge in [-0.15, -0.1) is 0 Å². The molecule has 0 spiro atoms. The van der Waals surface area contributed by atoms with Crippen LogP contribution in [0, 0.1) is 5.92 Å².